The molecule has 0 aliphatic rings. The van der Waals surface area contributed by atoms with Crippen molar-refractivity contribution >= 4 is 11.6 Å². The number of ether oxygens (including phenoxy) is 1. The summed E-state index contributed by atoms with van der Waals surface area (Å²) in [5.41, 5.74) is 0.828. The SMILES string of the molecule is CNC(Cc1cccc(F)c1Cl)CC(C)OC. The lowest BCUT2D eigenvalue weighted by Gasteiger charge is -2.20. The van der Waals surface area contributed by atoms with Crippen molar-refractivity contribution in [1.29, 1.82) is 0 Å². The summed E-state index contributed by atoms with van der Waals surface area (Å²) >= 11 is 5.93. The maximum atomic E-state index is 13.3. The van der Waals surface area contributed by atoms with E-state index in [0.29, 0.717) is 6.42 Å². The molecule has 0 saturated carbocycles. The molecule has 2 atom stereocenters. The minimum Gasteiger partial charge on any atom is -0.382 e. The molecule has 0 saturated heterocycles. The van der Waals surface area contributed by atoms with Crippen LogP contribution in [0.2, 0.25) is 5.02 Å². The molecule has 1 rings (SSSR count). The molecule has 0 spiro atoms. The summed E-state index contributed by atoms with van der Waals surface area (Å²) in [6.45, 7) is 2.01. The average molecular weight is 260 g/mol. The van der Waals surface area contributed by atoms with Gasteiger partial charge in [-0.1, -0.05) is 23.7 Å². The molecule has 0 bridgehead atoms. The Morgan fingerprint density at radius 2 is 2.18 bits per heavy atom. The maximum absolute atomic E-state index is 13.3. The van der Waals surface area contributed by atoms with Gasteiger partial charge < -0.3 is 10.1 Å². The number of hydrogen-bond donors (Lipinski definition) is 1. The van der Waals surface area contributed by atoms with Crippen molar-refractivity contribution in [2.75, 3.05) is 14.2 Å². The molecule has 1 aromatic rings. The van der Waals surface area contributed by atoms with Gasteiger partial charge in [-0.15, -0.1) is 0 Å². The van der Waals surface area contributed by atoms with Crippen molar-refractivity contribution < 1.29 is 9.13 Å². The van der Waals surface area contributed by atoms with Crippen molar-refractivity contribution in [3.63, 3.8) is 0 Å². The van der Waals surface area contributed by atoms with Gasteiger partial charge in [0.2, 0.25) is 0 Å². The van der Waals surface area contributed by atoms with E-state index in [4.69, 9.17) is 16.3 Å². The molecule has 17 heavy (non-hydrogen) atoms. The predicted octanol–water partition coefficient (Wildman–Crippen LogP) is 3.03. The third-order valence-corrected chi connectivity index (χ3v) is 3.35. The zero-order valence-corrected chi connectivity index (χ0v) is 11.2. The zero-order valence-electron chi connectivity index (χ0n) is 10.5. The Morgan fingerprint density at radius 1 is 1.47 bits per heavy atom. The molecule has 0 aromatic heterocycles. The summed E-state index contributed by atoms with van der Waals surface area (Å²) in [5.74, 6) is -0.362. The lowest BCUT2D eigenvalue weighted by Crippen LogP contribution is -2.31. The Kier molecular flexibility index (Phi) is 5.89. The standard InChI is InChI=1S/C13H19ClFNO/c1-9(17-3)7-11(16-2)8-10-5-4-6-12(15)13(10)14/h4-6,9,11,16H,7-8H2,1-3H3. The van der Waals surface area contributed by atoms with Gasteiger partial charge in [-0.25, -0.2) is 4.39 Å². The highest BCUT2D eigenvalue weighted by atomic mass is 35.5. The molecule has 0 aliphatic carbocycles. The second-order valence-electron chi connectivity index (χ2n) is 4.18. The van der Waals surface area contributed by atoms with Crippen LogP contribution in [0.1, 0.15) is 18.9 Å². The lowest BCUT2D eigenvalue weighted by molar-refractivity contribution is 0.101. The number of hydrogen-bond acceptors (Lipinski definition) is 2. The Balaban J connectivity index is 2.70. The second-order valence-corrected chi connectivity index (χ2v) is 4.56. The minimum atomic E-state index is -0.362. The predicted molar refractivity (Wildman–Crippen MR) is 69.0 cm³/mol. The van der Waals surface area contributed by atoms with Gasteiger partial charge >= 0.3 is 0 Å². The van der Waals surface area contributed by atoms with Gasteiger partial charge in [0.1, 0.15) is 5.82 Å². The van der Waals surface area contributed by atoms with E-state index in [1.165, 1.54) is 6.07 Å². The first-order chi connectivity index (χ1) is 8.08. The quantitative estimate of drug-likeness (QED) is 0.848. The van der Waals surface area contributed by atoms with Gasteiger partial charge in [-0.05, 0) is 38.4 Å². The second kappa shape index (κ2) is 6.94. The number of methoxy groups -OCH3 is 1. The van der Waals surface area contributed by atoms with Crippen LogP contribution in [-0.4, -0.2) is 26.3 Å². The van der Waals surface area contributed by atoms with Gasteiger partial charge in [0.15, 0.2) is 0 Å². The number of halogens is 2. The molecule has 0 fully saturated rings. The van der Waals surface area contributed by atoms with Gasteiger partial charge in [0, 0.05) is 13.2 Å². The van der Waals surface area contributed by atoms with Crippen LogP contribution in [0.3, 0.4) is 0 Å². The topological polar surface area (TPSA) is 21.3 Å². The van der Waals surface area contributed by atoms with Crippen LogP contribution in [0.15, 0.2) is 18.2 Å². The van der Waals surface area contributed by atoms with Crippen molar-refractivity contribution in [1.82, 2.24) is 5.32 Å². The van der Waals surface area contributed by atoms with E-state index >= 15 is 0 Å². The highest BCUT2D eigenvalue weighted by molar-refractivity contribution is 6.31. The van der Waals surface area contributed by atoms with Gasteiger partial charge in [-0.2, -0.15) is 0 Å². The largest absolute Gasteiger partial charge is 0.382 e. The Labute approximate surface area is 107 Å². The third kappa shape index (κ3) is 4.26. The molecule has 96 valence electrons. The molecule has 1 aromatic carbocycles. The number of nitrogens with one attached hydrogen (secondary N) is 1. The van der Waals surface area contributed by atoms with E-state index < -0.39 is 0 Å². The molecule has 4 heteroatoms. The van der Waals surface area contributed by atoms with Crippen molar-refractivity contribution in [3.05, 3.63) is 34.6 Å². The number of rotatable bonds is 6. The lowest BCUT2D eigenvalue weighted by atomic mass is 10.0. The molecule has 2 nitrogen and oxygen atoms in total. The van der Waals surface area contributed by atoms with Crippen molar-refractivity contribution in [3.8, 4) is 0 Å². The molecule has 0 heterocycles. The van der Waals surface area contributed by atoms with Gasteiger partial charge in [0.25, 0.3) is 0 Å². The van der Waals surface area contributed by atoms with Gasteiger partial charge in [0.05, 0.1) is 11.1 Å². The minimum absolute atomic E-state index is 0.166. The van der Waals surface area contributed by atoms with Crippen LogP contribution in [0.5, 0.6) is 0 Å². The number of benzene rings is 1. The summed E-state index contributed by atoms with van der Waals surface area (Å²) in [6, 6.07) is 5.14. The first-order valence-corrected chi connectivity index (χ1v) is 6.09. The first-order valence-electron chi connectivity index (χ1n) is 5.71. The van der Waals surface area contributed by atoms with Crippen LogP contribution in [-0.2, 0) is 11.2 Å². The monoisotopic (exact) mass is 259 g/mol. The molecule has 0 aliphatic heterocycles. The average Bonchev–Trinajstić information content (AvgIpc) is 2.33. The molecular weight excluding hydrogens is 241 g/mol. The molecule has 2 unspecified atom stereocenters. The van der Waals surface area contributed by atoms with Crippen LogP contribution < -0.4 is 5.32 Å². The summed E-state index contributed by atoms with van der Waals surface area (Å²) in [4.78, 5) is 0. The molecular formula is C13H19ClFNO. The summed E-state index contributed by atoms with van der Waals surface area (Å²) < 4.78 is 18.5. The van der Waals surface area contributed by atoms with Crippen LogP contribution in [0, 0.1) is 5.82 Å². The fourth-order valence-electron chi connectivity index (χ4n) is 1.77. The summed E-state index contributed by atoms with van der Waals surface area (Å²) in [5, 5.41) is 3.42. The van der Waals surface area contributed by atoms with E-state index in [2.05, 4.69) is 5.32 Å². The zero-order chi connectivity index (χ0) is 12.8. The fourth-order valence-corrected chi connectivity index (χ4v) is 1.97. The Morgan fingerprint density at radius 3 is 2.76 bits per heavy atom. The first kappa shape index (κ1) is 14.4. The molecule has 0 amide bonds. The van der Waals surface area contributed by atoms with E-state index in [1.54, 1.807) is 13.2 Å². The maximum Gasteiger partial charge on any atom is 0.142 e. The van der Waals surface area contributed by atoms with Crippen LogP contribution in [0.4, 0.5) is 4.39 Å². The van der Waals surface area contributed by atoms with E-state index in [0.717, 1.165) is 12.0 Å². The highest BCUT2D eigenvalue weighted by Crippen LogP contribution is 2.21. The van der Waals surface area contributed by atoms with Crippen molar-refractivity contribution in [2.45, 2.75) is 31.9 Å². The summed E-state index contributed by atoms with van der Waals surface area (Å²) in [6.07, 6.45) is 1.72. The van der Waals surface area contributed by atoms with Gasteiger partial charge in [-0.3, -0.25) is 0 Å². The fraction of sp³-hybridized carbons (Fsp3) is 0.538. The van der Waals surface area contributed by atoms with Crippen LogP contribution >= 0.6 is 11.6 Å². The molecule has 0 radical (unpaired) electrons. The summed E-state index contributed by atoms with van der Waals surface area (Å²) in [7, 11) is 3.58. The normalized spacial score (nSPS) is 14.6. The Hall–Kier alpha value is -0.640. The number of likely N-dealkylation sites (N-methyl/N-ethyl adjacent to an activating group) is 1. The van der Waals surface area contributed by atoms with E-state index in [9.17, 15) is 4.39 Å². The van der Waals surface area contributed by atoms with E-state index in [-0.39, 0.29) is 23.0 Å². The highest BCUT2D eigenvalue weighted by Gasteiger charge is 2.14. The van der Waals surface area contributed by atoms with Crippen LogP contribution in [0.25, 0.3) is 0 Å². The third-order valence-electron chi connectivity index (χ3n) is 2.92. The Bertz CT molecular complexity index is 359. The smallest absolute Gasteiger partial charge is 0.142 e. The molecule has 1 N–H and O–H groups in total. The van der Waals surface area contributed by atoms with Crippen molar-refractivity contribution in [2.24, 2.45) is 0 Å². The van der Waals surface area contributed by atoms with E-state index in [1.807, 2.05) is 20.0 Å².